The van der Waals surface area contributed by atoms with Crippen LogP contribution in [0.15, 0.2) is 218 Å². The van der Waals surface area contributed by atoms with Gasteiger partial charge in [0.05, 0.1) is 25.0 Å². The first-order chi connectivity index (χ1) is 41.1. The second-order valence-electron chi connectivity index (χ2n) is 21.6. The summed E-state index contributed by atoms with van der Waals surface area (Å²) in [7, 11) is 0. The number of rotatable bonds is 12. The molecule has 0 fully saturated rings. The van der Waals surface area contributed by atoms with Gasteiger partial charge in [0.1, 0.15) is 26.4 Å². The molecule has 0 unspecified atom stereocenters. The largest absolute Gasteiger partial charge is 0.457 e. The van der Waals surface area contributed by atoms with Gasteiger partial charge in [-0.05, 0) is 148 Å². The molecule has 12 aromatic rings. The summed E-state index contributed by atoms with van der Waals surface area (Å²) in [6.07, 6.45) is 0. The van der Waals surface area contributed by atoms with Crippen LogP contribution >= 0.6 is 0 Å². The molecule has 82 heavy (non-hydrogen) atoms. The van der Waals surface area contributed by atoms with Gasteiger partial charge in [0.2, 0.25) is 13.4 Å². The fraction of sp³-hybridized carbons (Fsp3) is 0.0556. The molecule has 12 aromatic carbocycles. The molecule has 386 valence electrons. The SMILES string of the molecule is [2H]c1cc2c3c(cc4c([2H])cc5c6c(cc1c3c46)B1c3ccc(C(=O)OCc4ccccc4)cc3-c3cc(C(=O)OCc4ccccc4)cc-5c31)B1c3ccc(C(=O)OCc4ccccc4)cc3-c3cc(C(=O)OCc4ccccc4)cc-2c31. The normalized spacial score (nSPS) is 12.8. The Balaban J connectivity index is 0.894. The van der Waals surface area contributed by atoms with Gasteiger partial charge in [0.25, 0.3) is 0 Å². The highest BCUT2D eigenvalue weighted by molar-refractivity contribution is 7.03. The lowest BCUT2D eigenvalue weighted by Gasteiger charge is -2.31. The maximum absolute atomic E-state index is 14.4. The monoisotopic (exact) mass is 1060 g/mol. The zero-order chi connectivity index (χ0) is 56.5. The van der Waals surface area contributed by atoms with E-state index >= 15 is 0 Å². The van der Waals surface area contributed by atoms with Crippen molar-refractivity contribution >= 4 is 102 Å². The number of carbonyl (C=O) groups excluding carboxylic acids is 4. The van der Waals surface area contributed by atoms with Crippen molar-refractivity contribution in [2.75, 3.05) is 0 Å². The number of ether oxygens (including phenoxy) is 4. The Hall–Kier alpha value is -10.3. The van der Waals surface area contributed by atoms with Gasteiger partial charge >= 0.3 is 23.9 Å². The summed E-state index contributed by atoms with van der Waals surface area (Å²) < 4.78 is 44.0. The third-order valence-corrected chi connectivity index (χ3v) is 17.0. The molecule has 0 spiro atoms. The molecule has 0 radical (unpaired) electrons. The molecule has 10 heteroatoms. The van der Waals surface area contributed by atoms with E-state index in [1.807, 2.05) is 182 Å². The second kappa shape index (κ2) is 18.6. The number of fused-ring (bicyclic) bond motifs is 10. The maximum Gasteiger partial charge on any atom is 0.338 e. The van der Waals surface area contributed by atoms with Gasteiger partial charge in [-0.15, -0.1) is 0 Å². The van der Waals surface area contributed by atoms with E-state index in [1.54, 1.807) is 12.1 Å². The highest BCUT2D eigenvalue weighted by Crippen LogP contribution is 2.47. The van der Waals surface area contributed by atoms with Crippen molar-refractivity contribution in [3.63, 3.8) is 0 Å². The highest BCUT2D eigenvalue weighted by Gasteiger charge is 2.45. The average molecular weight is 1060 g/mol. The van der Waals surface area contributed by atoms with E-state index in [1.165, 1.54) is 0 Å². The van der Waals surface area contributed by atoms with Crippen LogP contribution in [-0.4, -0.2) is 37.3 Å². The van der Waals surface area contributed by atoms with Crippen molar-refractivity contribution in [1.29, 1.82) is 0 Å². The van der Waals surface area contributed by atoms with Crippen LogP contribution in [0.4, 0.5) is 0 Å². The van der Waals surface area contributed by atoms with Gasteiger partial charge in [-0.25, -0.2) is 19.2 Å². The minimum atomic E-state index is -0.513. The topological polar surface area (TPSA) is 105 Å². The van der Waals surface area contributed by atoms with E-state index < -0.39 is 23.9 Å². The standard InChI is InChI=1S/C72H44B2O8/c75-69(79-37-41-13-5-1-6-14-41)47-23-27-59-53(29-47)57-33-49(71(77)81-39-43-17-9-3-10-18-43)31-55-51-25-21-46-36-62-66-52(26-22-45-35-61(73(59)67(55)57)65(51)63(46)64(45)66)56-32-50(72(78)82-40-44-19-11-4-12-20-44)34-58-54-30-48(24-28-60(54)74(62)68(56)58)70(76)80-38-42-15-7-2-8-16-42/h1-36H,37-40H2/i21D,22D. The molecular weight excluding hydrogens is 1010 g/mol. The zero-order valence-electron chi connectivity index (χ0n) is 45.9. The fourth-order valence-corrected chi connectivity index (χ4v) is 13.4. The van der Waals surface area contributed by atoms with E-state index in [0.717, 1.165) is 121 Å². The predicted octanol–water partition coefficient (Wildman–Crippen LogP) is 11.0. The van der Waals surface area contributed by atoms with Crippen molar-refractivity contribution in [2.24, 2.45) is 0 Å². The van der Waals surface area contributed by atoms with Gasteiger partial charge < -0.3 is 18.9 Å². The van der Waals surface area contributed by atoms with Crippen LogP contribution in [0.25, 0.3) is 76.8 Å². The summed E-state index contributed by atoms with van der Waals surface area (Å²) in [5.41, 5.74) is 16.6. The Morgan fingerprint density at radius 2 is 0.610 bits per heavy atom. The van der Waals surface area contributed by atoms with E-state index in [4.69, 9.17) is 18.9 Å². The van der Waals surface area contributed by atoms with Gasteiger partial charge in [-0.3, -0.25) is 0 Å². The van der Waals surface area contributed by atoms with Crippen molar-refractivity contribution in [3.8, 4) is 44.5 Å². The minimum absolute atomic E-state index is 0.0670. The number of carbonyl (C=O) groups is 4. The molecule has 0 N–H and O–H groups in total. The molecule has 8 nitrogen and oxygen atoms in total. The molecular formula is C72H44B2O8. The smallest absolute Gasteiger partial charge is 0.338 e. The van der Waals surface area contributed by atoms with Crippen LogP contribution in [0.3, 0.4) is 0 Å². The van der Waals surface area contributed by atoms with Crippen molar-refractivity contribution in [2.45, 2.75) is 26.4 Å². The number of hydrogen-bond acceptors (Lipinski definition) is 8. The van der Waals surface area contributed by atoms with Gasteiger partial charge in [0.15, 0.2) is 0 Å². The van der Waals surface area contributed by atoms with Gasteiger partial charge in [-0.1, -0.05) is 203 Å². The lowest BCUT2D eigenvalue weighted by Crippen LogP contribution is -2.53. The van der Waals surface area contributed by atoms with Crippen LogP contribution in [0.5, 0.6) is 0 Å². The van der Waals surface area contributed by atoms with Gasteiger partial charge in [0, 0.05) is 0 Å². The number of benzene rings is 12. The molecule has 0 amide bonds. The first-order valence-corrected chi connectivity index (χ1v) is 27.4. The van der Waals surface area contributed by atoms with Crippen molar-refractivity contribution < 1.29 is 40.9 Å². The molecule has 4 aliphatic rings. The van der Waals surface area contributed by atoms with Crippen LogP contribution in [-0.2, 0) is 45.4 Å². The summed E-state index contributed by atoms with van der Waals surface area (Å²) in [4.78, 5) is 56.7. The van der Waals surface area contributed by atoms with E-state index in [0.29, 0.717) is 33.0 Å². The summed E-state index contributed by atoms with van der Waals surface area (Å²) in [5, 5.41) is 4.88. The third kappa shape index (κ3) is 7.48. The second-order valence-corrected chi connectivity index (χ2v) is 21.6. The molecule has 0 aromatic heterocycles. The van der Waals surface area contributed by atoms with Crippen LogP contribution in [0.2, 0.25) is 0 Å². The quantitative estimate of drug-likeness (QED) is 0.0516. The molecule has 4 heterocycles. The zero-order valence-corrected chi connectivity index (χ0v) is 43.9. The first kappa shape index (κ1) is 45.5. The van der Waals surface area contributed by atoms with E-state index in [2.05, 4.69) is 12.1 Å². The minimum Gasteiger partial charge on any atom is -0.457 e. The Morgan fingerprint density at radius 1 is 0.305 bits per heavy atom. The first-order valence-electron chi connectivity index (χ1n) is 28.4. The molecule has 0 bridgehead atoms. The van der Waals surface area contributed by atoms with Crippen molar-refractivity contribution in [3.05, 3.63) is 263 Å². The summed E-state index contributed by atoms with van der Waals surface area (Å²) in [5.74, 6) is -1.99. The summed E-state index contributed by atoms with van der Waals surface area (Å²) in [6.45, 7) is -0.415. The Kier molecular flexibility index (Phi) is 10.4. The Labute approximate surface area is 474 Å². The van der Waals surface area contributed by atoms with Crippen LogP contribution < -0.4 is 32.8 Å². The Bertz CT molecular complexity index is 4540. The van der Waals surface area contributed by atoms with Crippen LogP contribution in [0.1, 0.15) is 66.4 Å². The molecule has 0 saturated heterocycles. The Morgan fingerprint density at radius 3 is 0.951 bits per heavy atom. The average Bonchev–Trinajstić information content (AvgIpc) is 1.37. The number of hydrogen-bond donors (Lipinski definition) is 0. The van der Waals surface area contributed by atoms with Gasteiger partial charge in [-0.2, -0.15) is 0 Å². The molecule has 16 rings (SSSR count). The molecule has 0 aliphatic carbocycles. The van der Waals surface area contributed by atoms with E-state index in [-0.39, 0.29) is 51.9 Å². The van der Waals surface area contributed by atoms with Crippen LogP contribution in [0, 0.1) is 0 Å². The summed E-state index contributed by atoms with van der Waals surface area (Å²) in [6, 6.07) is 65.6. The maximum atomic E-state index is 14.4. The third-order valence-electron chi connectivity index (χ3n) is 17.0. The predicted molar refractivity (Wildman–Crippen MR) is 323 cm³/mol. The van der Waals surface area contributed by atoms with Crippen molar-refractivity contribution in [1.82, 2.24) is 0 Å². The molecule has 4 aliphatic heterocycles. The molecule has 0 atom stereocenters. The molecule has 0 saturated carbocycles. The lowest BCUT2D eigenvalue weighted by atomic mass is 9.34. The lowest BCUT2D eigenvalue weighted by molar-refractivity contribution is 0.0464. The van der Waals surface area contributed by atoms with E-state index in [9.17, 15) is 21.9 Å². The highest BCUT2D eigenvalue weighted by atomic mass is 16.5. The number of esters is 4. The summed E-state index contributed by atoms with van der Waals surface area (Å²) >= 11 is 0. The fourth-order valence-electron chi connectivity index (χ4n) is 13.4.